The molecule has 0 atom stereocenters. The molecule has 0 aliphatic rings. The van der Waals surface area contributed by atoms with Gasteiger partial charge in [-0.15, -0.1) is 0 Å². The fraction of sp³-hybridized carbons (Fsp3) is 0.250. The lowest BCUT2D eigenvalue weighted by atomic mass is 10.1. The molecule has 6 nitrogen and oxygen atoms in total. The quantitative estimate of drug-likeness (QED) is 0.740. The second-order valence-corrected chi connectivity index (χ2v) is 5.96. The van der Waals surface area contributed by atoms with Gasteiger partial charge in [-0.25, -0.2) is 4.98 Å². The van der Waals surface area contributed by atoms with Gasteiger partial charge in [-0.3, -0.25) is 9.59 Å². The van der Waals surface area contributed by atoms with Crippen LogP contribution < -0.4 is 10.3 Å². The average molecular weight is 351 g/mol. The van der Waals surface area contributed by atoms with E-state index in [-0.39, 0.29) is 24.4 Å². The van der Waals surface area contributed by atoms with E-state index in [0.717, 1.165) is 11.3 Å². The van der Waals surface area contributed by atoms with Gasteiger partial charge >= 0.3 is 0 Å². The molecule has 1 N–H and O–H groups in total. The highest BCUT2D eigenvalue weighted by Crippen LogP contribution is 2.13. The number of para-hydroxylation sites is 1. The predicted molar refractivity (Wildman–Crippen MR) is 100 cm³/mol. The van der Waals surface area contributed by atoms with Crippen LogP contribution in [0.2, 0.25) is 0 Å². The molecule has 1 heterocycles. The minimum absolute atomic E-state index is 0.0199. The normalized spacial score (nSPS) is 10.7. The molecule has 0 unspecified atom stereocenters. The number of amides is 1. The van der Waals surface area contributed by atoms with Crippen LogP contribution in [0.3, 0.4) is 0 Å². The Bertz CT molecular complexity index is 964. The molecule has 0 saturated heterocycles. The van der Waals surface area contributed by atoms with Crippen LogP contribution in [0.1, 0.15) is 18.3 Å². The Labute approximate surface area is 151 Å². The Morgan fingerprint density at radius 2 is 1.88 bits per heavy atom. The molecular formula is C20H21N3O3. The third-order valence-corrected chi connectivity index (χ3v) is 4.25. The largest absolute Gasteiger partial charge is 0.497 e. The van der Waals surface area contributed by atoms with Gasteiger partial charge in [0.05, 0.1) is 31.0 Å². The lowest BCUT2D eigenvalue weighted by molar-refractivity contribution is -0.131. The monoisotopic (exact) mass is 351 g/mol. The van der Waals surface area contributed by atoms with Crippen molar-refractivity contribution >= 4 is 16.8 Å². The van der Waals surface area contributed by atoms with Crippen molar-refractivity contribution in [1.82, 2.24) is 14.9 Å². The van der Waals surface area contributed by atoms with E-state index in [2.05, 4.69) is 9.97 Å². The lowest BCUT2D eigenvalue weighted by Gasteiger charge is -2.20. The van der Waals surface area contributed by atoms with Crippen molar-refractivity contribution in [3.8, 4) is 5.75 Å². The Balaban J connectivity index is 1.76. The van der Waals surface area contributed by atoms with E-state index in [1.54, 1.807) is 30.2 Å². The van der Waals surface area contributed by atoms with Crippen LogP contribution in [-0.2, 0) is 17.8 Å². The molecule has 0 radical (unpaired) electrons. The van der Waals surface area contributed by atoms with Crippen LogP contribution in [0.15, 0.2) is 53.3 Å². The summed E-state index contributed by atoms with van der Waals surface area (Å²) < 4.78 is 5.13. The number of aromatic nitrogens is 2. The van der Waals surface area contributed by atoms with Crippen molar-refractivity contribution in [3.63, 3.8) is 0 Å². The standard InChI is InChI=1S/C20H21N3O3/c1-3-23(19(24)12-14-8-10-15(26-2)11-9-14)13-18-21-17-7-5-4-6-16(17)20(25)22-18/h4-11H,3,12-13H2,1-2H3,(H,21,22,25). The number of hydrogen-bond acceptors (Lipinski definition) is 4. The van der Waals surface area contributed by atoms with E-state index in [1.807, 2.05) is 37.3 Å². The molecule has 6 heteroatoms. The zero-order valence-electron chi connectivity index (χ0n) is 14.9. The number of aromatic amines is 1. The zero-order valence-corrected chi connectivity index (χ0v) is 14.9. The highest BCUT2D eigenvalue weighted by molar-refractivity contribution is 5.79. The van der Waals surface area contributed by atoms with Gasteiger partial charge in [-0.2, -0.15) is 0 Å². The molecule has 0 spiro atoms. The predicted octanol–water partition coefficient (Wildman–Crippen LogP) is 2.52. The summed E-state index contributed by atoms with van der Waals surface area (Å²) in [6, 6.07) is 14.6. The molecule has 26 heavy (non-hydrogen) atoms. The molecule has 3 rings (SSSR count). The summed E-state index contributed by atoms with van der Waals surface area (Å²) in [6.45, 7) is 2.71. The first kappa shape index (κ1) is 17.7. The van der Waals surface area contributed by atoms with Gasteiger partial charge in [0.25, 0.3) is 5.56 Å². The number of hydrogen-bond donors (Lipinski definition) is 1. The maximum absolute atomic E-state index is 12.6. The van der Waals surface area contributed by atoms with Gasteiger partial charge < -0.3 is 14.6 Å². The highest BCUT2D eigenvalue weighted by Gasteiger charge is 2.15. The fourth-order valence-corrected chi connectivity index (χ4v) is 2.80. The van der Waals surface area contributed by atoms with Crippen LogP contribution in [-0.4, -0.2) is 34.4 Å². The SMILES string of the molecule is CCN(Cc1nc2ccccc2c(=O)[nH]1)C(=O)Cc1ccc(OC)cc1. The number of ether oxygens (including phenoxy) is 1. The number of H-pyrrole nitrogens is 1. The van der Waals surface area contributed by atoms with E-state index >= 15 is 0 Å². The van der Waals surface area contributed by atoms with Crippen LogP contribution in [0.25, 0.3) is 10.9 Å². The first-order chi connectivity index (χ1) is 12.6. The van der Waals surface area contributed by atoms with Gasteiger partial charge in [0, 0.05) is 6.54 Å². The zero-order chi connectivity index (χ0) is 18.5. The molecule has 0 fully saturated rings. The second-order valence-electron chi connectivity index (χ2n) is 5.96. The Hall–Kier alpha value is -3.15. The summed E-state index contributed by atoms with van der Waals surface area (Å²) in [5, 5.41) is 0.545. The molecule has 1 aromatic heterocycles. The van der Waals surface area contributed by atoms with Crippen molar-refractivity contribution in [2.75, 3.05) is 13.7 Å². The van der Waals surface area contributed by atoms with Crippen molar-refractivity contribution in [2.24, 2.45) is 0 Å². The molecule has 1 amide bonds. The third-order valence-electron chi connectivity index (χ3n) is 4.25. The van der Waals surface area contributed by atoms with Crippen LogP contribution in [0.5, 0.6) is 5.75 Å². The number of rotatable bonds is 6. The van der Waals surface area contributed by atoms with Crippen molar-refractivity contribution in [2.45, 2.75) is 19.9 Å². The van der Waals surface area contributed by atoms with Crippen molar-refractivity contribution in [3.05, 3.63) is 70.3 Å². The molecule has 0 aliphatic heterocycles. The Morgan fingerprint density at radius 3 is 2.58 bits per heavy atom. The Morgan fingerprint density at radius 1 is 1.15 bits per heavy atom. The number of methoxy groups -OCH3 is 1. The topological polar surface area (TPSA) is 75.3 Å². The van der Waals surface area contributed by atoms with Crippen LogP contribution in [0, 0.1) is 0 Å². The third kappa shape index (κ3) is 3.91. The van der Waals surface area contributed by atoms with E-state index in [9.17, 15) is 9.59 Å². The minimum atomic E-state index is -0.191. The van der Waals surface area contributed by atoms with Gasteiger partial charge in [0.1, 0.15) is 11.6 Å². The lowest BCUT2D eigenvalue weighted by Crippen LogP contribution is -2.33. The number of benzene rings is 2. The number of carbonyl (C=O) groups excluding carboxylic acids is 1. The Kier molecular flexibility index (Phi) is 5.31. The average Bonchev–Trinajstić information content (AvgIpc) is 2.66. The highest BCUT2D eigenvalue weighted by atomic mass is 16.5. The number of nitrogens with zero attached hydrogens (tertiary/aromatic N) is 2. The smallest absolute Gasteiger partial charge is 0.258 e. The minimum Gasteiger partial charge on any atom is -0.497 e. The molecule has 134 valence electrons. The number of fused-ring (bicyclic) bond motifs is 1. The maximum atomic E-state index is 12.6. The fourth-order valence-electron chi connectivity index (χ4n) is 2.80. The number of carbonyl (C=O) groups is 1. The summed E-state index contributed by atoms with van der Waals surface area (Å²) in [6.07, 6.45) is 0.287. The summed E-state index contributed by atoms with van der Waals surface area (Å²) in [7, 11) is 1.61. The van der Waals surface area contributed by atoms with E-state index < -0.39 is 0 Å². The van der Waals surface area contributed by atoms with Gasteiger partial charge in [0.15, 0.2) is 0 Å². The maximum Gasteiger partial charge on any atom is 0.258 e. The molecule has 3 aromatic rings. The van der Waals surface area contributed by atoms with E-state index in [4.69, 9.17) is 4.74 Å². The van der Waals surface area contributed by atoms with Crippen molar-refractivity contribution in [1.29, 1.82) is 0 Å². The summed E-state index contributed by atoms with van der Waals surface area (Å²) in [5.41, 5.74) is 1.35. The van der Waals surface area contributed by atoms with E-state index in [0.29, 0.717) is 23.3 Å². The second kappa shape index (κ2) is 7.82. The summed E-state index contributed by atoms with van der Waals surface area (Å²) in [4.78, 5) is 33.7. The van der Waals surface area contributed by atoms with Gasteiger partial charge in [0.2, 0.25) is 5.91 Å². The van der Waals surface area contributed by atoms with Gasteiger partial charge in [-0.1, -0.05) is 24.3 Å². The van der Waals surface area contributed by atoms with Gasteiger partial charge in [-0.05, 0) is 36.8 Å². The van der Waals surface area contributed by atoms with E-state index in [1.165, 1.54) is 0 Å². The number of likely N-dealkylation sites (N-methyl/N-ethyl adjacent to an activating group) is 1. The molecule has 0 aliphatic carbocycles. The first-order valence-electron chi connectivity index (χ1n) is 8.49. The van der Waals surface area contributed by atoms with Crippen LogP contribution in [0.4, 0.5) is 0 Å². The molecule has 0 saturated carbocycles. The summed E-state index contributed by atoms with van der Waals surface area (Å²) >= 11 is 0. The molecule has 0 bridgehead atoms. The summed E-state index contributed by atoms with van der Waals surface area (Å²) in [5.74, 6) is 1.22. The van der Waals surface area contributed by atoms with Crippen molar-refractivity contribution < 1.29 is 9.53 Å². The molecular weight excluding hydrogens is 330 g/mol. The first-order valence-corrected chi connectivity index (χ1v) is 8.49. The van der Waals surface area contributed by atoms with Crippen LogP contribution >= 0.6 is 0 Å². The molecule has 2 aromatic carbocycles. The number of nitrogens with one attached hydrogen (secondary N) is 1.